The van der Waals surface area contributed by atoms with Gasteiger partial charge in [0.15, 0.2) is 0 Å². The van der Waals surface area contributed by atoms with Gasteiger partial charge in [-0.05, 0) is 24.6 Å². The minimum Gasteiger partial charge on any atom is -0.481 e. The molecular weight excluding hydrogens is 268 g/mol. The van der Waals surface area contributed by atoms with E-state index in [1.165, 1.54) is 0 Å². The molecule has 0 aliphatic carbocycles. The van der Waals surface area contributed by atoms with E-state index >= 15 is 0 Å². The van der Waals surface area contributed by atoms with Crippen LogP contribution in [-0.2, 0) is 6.54 Å². The second kappa shape index (κ2) is 7.33. The second-order valence-electron chi connectivity index (χ2n) is 4.36. The van der Waals surface area contributed by atoms with Gasteiger partial charge in [0.05, 0.1) is 20.3 Å². The van der Waals surface area contributed by atoms with Crippen LogP contribution in [0.3, 0.4) is 0 Å². The number of ether oxygens (including phenoxy) is 2. The van der Waals surface area contributed by atoms with Crippen molar-refractivity contribution in [3.8, 4) is 11.8 Å². The Hall–Kier alpha value is -2.50. The number of methoxy groups -OCH3 is 2. The van der Waals surface area contributed by atoms with Gasteiger partial charge in [0.25, 0.3) is 0 Å². The van der Waals surface area contributed by atoms with E-state index in [0.29, 0.717) is 24.3 Å². The molecule has 2 rings (SSSR count). The van der Waals surface area contributed by atoms with Crippen molar-refractivity contribution in [1.82, 2.24) is 9.97 Å². The highest BCUT2D eigenvalue weighted by atomic mass is 16.5. The summed E-state index contributed by atoms with van der Waals surface area (Å²) >= 11 is 0. The van der Waals surface area contributed by atoms with Gasteiger partial charge in [-0.3, -0.25) is 0 Å². The lowest BCUT2D eigenvalue weighted by molar-refractivity contribution is 0.373. The summed E-state index contributed by atoms with van der Waals surface area (Å²) in [6, 6.07) is 9.85. The van der Waals surface area contributed by atoms with Crippen LogP contribution in [0.1, 0.15) is 12.5 Å². The number of hydrogen-bond acceptors (Lipinski definition) is 6. The van der Waals surface area contributed by atoms with Crippen molar-refractivity contribution in [2.75, 3.05) is 31.4 Å². The van der Waals surface area contributed by atoms with E-state index in [1.807, 2.05) is 12.1 Å². The second-order valence-corrected chi connectivity index (χ2v) is 4.36. The van der Waals surface area contributed by atoms with E-state index in [9.17, 15) is 0 Å². The molecule has 0 saturated heterocycles. The smallest absolute Gasteiger partial charge is 0.229 e. The van der Waals surface area contributed by atoms with Crippen molar-refractivity contribution >= 4 is 11.6 Å². The molecule has 2 N–H and O–H groups in total. The Kier molecular flexibility index (Phi) is 5.20. The Morgan fingerprint density at radius 2 is 1.57 bits per heavy atom. The summed E-state index contributed by atoms with van der Waals surface area (Å²) in [6.07, 6.45) is 0. The van der Waals surface area contributed by atoms with Gasteiger partial charge >= 0.3 is 0 Å². The molecule has 0 fully saturated rings. The Morgan fingerprint density at radius 1 is 0.952 bits per heavy atom. The van der Waals surface area contributed by atoms with Crippen LogP contribution in [0.5, 0.6) is 11.8 Å². The third-order valence-electron chi connectivity index (χ3n) is 2.88. The summed E-state index contributed by atoms with van der Waals surface area (Å²) in [4.78, 5) is 8.45. The molecule has 6 nitrogen and oxygen atoms in total. The fraction of sp³-hybridized carbons (Fsp3) is 0.333. The van der Waals surface area contributed by atoms with Crippen LogP contribution in [-0.4, -0.2) is 30.7 Å². The maximum absolute atomic E-state index is 5.11. The van der Waals surface area contributed by atoms with Crippen LogP contribution in [0.25, 0.3) is 0 Å². The highest BCUT2D eigenvalue weighted by Gasteiger charge is 2.05. The molecule has 0 aliphatic rings. The van der Waals surface area contributed by atoms with E-state index in [2.05, 4.69) is 39.7 Å². The topological polar surface area (TPSA) is 68.3 Å². The standard InChI is InChI=1S/C15H20N4O2/c1-4-16-12-7-5-11(6-8-12)10-17-15-18-13(20-2)9-14(19-15)21-3/h5-9,16H,4,10H2,1-3H3,(H,17,18,19). The van der Waals surface area contributed by atoms with Crippen molar-refractivity contribution in [3.63, 3.8) is 0 Å². The number of anilines is 2. The number of hydrogen-bond donors (Lipinski definition) is 2. The molecule has 6 heteroatoms. The van der Waals surface area contributed by atoms with Crippen LogP contribution in [0.4, 0.5) is 11.6 Å². The Labute approximate surface area is 124 Å². The fourth-order valence-corrected chi connectivity index (χ4v) is 1.82. The molecule has 1 aromatic carbocycles. The summed E-state index contributed by atoms with van der Waals surface area (Å²) in [5.41, 5.74) is 2.25. The van der Waals surface area contributed by atoms with Gasteiger partial charge < -0.3 is 20.1 Å². The van der Waals surface area contributed by atoms with Gasteiger partial charge in [0.2, 0.25) is 17.7 Å². The van der Waals surface area contributed by atoms with Crippen molar-refractivity contribution in [3.05, 3.63) is 35.9 Å². The number of benzene rings is 1. The van der Waals surface area contributed by atoms with Gasteiger partial charge in [-0.15, -0.1) is 0 Å². The van der Waals surface area contributed by atoms with Crippen LogP contribution in [0, 0.1) is 0 Å². The molecule has 0 aliphatic heterocycles. The zero-order valence-corrected chi connectivity index (χ0v) is 12.5. The SMILES string of the molecule is CCNc1ccc(CNc2nc(OC)cc(OC)n2)cc1. The lowest BCUT2D eigenvalue weighted by Crippen LogP contribution is -2.05. The van der Waals surface area contributed by atoms with Crippen molar-refractivity contribution in [2.45, 2.75) is 13.5 Å². The molecule has 1 heterocycles. The van der Waals surface area contributed by atoms with E-state index < -0.39 is 0 Å². The van der Waals surface area contributed by atoms with Gasteiger partial charge in [-0.1, -0.05) is 12.1 Å². The Bertz CT molecular complexity index is 550. The third kappa shape index (κ3) is 4.24. The van der Waals surface area contributed by atoms with Gasteiger partial charge in [-0.2, -0.15) is 9.97 Å². The number of rotatable bonds is 7. The number of nitrogens with one attached hydrogen (secondary N) is 2. The normalized spacial score (nSPS) is 10.0. The molecule has 0 saturated carbocycles. The van der Waals surface area contributed by atoms with Crippen LogP contribution < -0.4 is 20.1 Å². The van der Waals surface area contributed by atoms with Gasteiger partial charge in [-0.25, -0.2) is 0 Å². The molecule has 1 aromatic heterocycles. The first-order chi connectivity index (χ1) is 10.2. The highest BCUT2D eigenvalue weighted by Crippen LogP contribution is 2.18. The predicted molar refractivity (Wildman–Crippen MR) is 83.1 cm³/mol. The molecule has 0 radical (unpaired) electrons. The maximum Gasteiger partial charge on any atom is 0.229 e. The first-order valence-corrected chi connectivity index (χ1v) is 6.79. The number of nitrogens with zero attached hydrogens (tertiary/aromatic N) is 2. The molecule has 2 aromatic rings. The minimum absolute atomic E-state index is 0.465. The van der Waals surface area contributed by atoms with Gasteiger partial charge in [0, 0.05) is 18.8 Å². The molecule has 0 bridgehead atoms. The van der Waals surface area contributed by atoms with Gasteiger partial charge in [0.1, 0.15) is 0 Å². The fourth-order valence-electron chi connectivity index (χ4n) is 1.82. The molecule has 112 valence electrons. The maximum atomic E-state index is 5.11. The summed E-state index contributed by atoms with van der Waals surface area (Å²) in [5.74, 6) is 1.40. The van der Waals surface area contributed by atoms with Crippen molar-refractivity contribution in [2.24, 2.45) is 0 Å². The predicted octanol–water partition coefficient (Wildman–Crippen LogP) is 2.54. The lowest BCUT2D eigenvalue weighted by atomic mass is 10.2. The molecular formula is C15H20N4O2. The summed E-state index contributed by atoms with van der Waals surface area (Å²) in [5, 5.41) is 6.42. The monoisotopic (exact) mass is 288 g/mol. The lowest BCUT2D eigenvalue weighted by Gasteiger charge is -2.09. The summed E-state index contributed by atoms with van der Waals surface area (Å²) in [7, 11) is 3.12. The highest BCUT2D eigenvalue weighted by molar-refractivity contribution is 5.45. The Morgan fingerprint density at radius 3 is 2.10 bits per heavy atom. The van der Waals surface area contributed by atoms with Crippen molar-refractivity contribution in [1.29, 1.82) is 0 Å². The van der Waals surface area contributed by atoms with Crippen LogP contribution in [0.15, 0.2) is 30.3 Å². The van der Waals surface area contributed by atoms with Crippen molar-refractivity contribution < 1.29 is 9.47 Å². The quantitative estimate of drug-likeness (QED) is 0.816. The molecule has 21 heavy (non-hydrogen) atoms. The molecule has 0 amide bonds. The first-order valence-electron chi connectivity index (χ1n) is 6.79. The van der Waals surface area contributed by atoms with E-state index in [1.54, 1.807) is 20.3 Å². The zero-order chi connectivity index (χ0) is 15.1. The zero-order valence-electron chi connectivity index (χ0n) is 12.5. The van der Waals surface area contributed by atoms with Crippen LogP contribution in [0.2, 0.25) is 0 Å². The van der Waals surface area contributed by atoms with E-state index in [-0.39, 0.29) is 0 Å². The Balaban J connectivity index is 2.01. The van der Waals surface area contributed by atoms with Crippen LogP contribution >= 0.6 is 0 Å². The summed E-state index contributed by atoms with van der Waals surface area (Å²) in [6.45, 7) is 3.61. The minimum atomic E-state index is 0.465. The largest absolute Gasteiger partial charge is 0.481 e. The average Bonchev–Trinajstić information content (AvgIpc) is 2.54. The van der Waals surface area contributed by atoms with E-state index in [4.69, 9.17) is 9.47 Å². The molecule has 0 spiro atoms. The first kappa shape index (κ1) is 14.9. The number of aromatic nitrogens is 2. The molecule has 0 unspecified atom stereocenters. The third-order valence-corrected chi connectivity index (χ3v) is 2.88. The summed E-state index contributed by atoms with van der Waals surface area (Å²) < 4.78 is 10.2. The van der Waals surface area contributed by atoms with E-state index in [0.717, 1.165) is 17.8 Å². The average molecular weight is 288 g/mol. The molecule has 0 atom stereocenters.